The highest BCUT2D eigenvalue weighted by Gasteiger charge is 2.34. The quantitative estimate of drug-likeness (QED) is 0.726. The predicted octanol–water partition coefficient (Wildman–Crippen LogP) is 2.91. The second-order valence-electron chi connectivity index (χ2n) is 4.72. The van der Waals surface area contributed by atoms with E-state index in [-0.39, 0.29) is 5.78 Å². The topological polar surface area (TPSA) is 20.3 Å². The Labute approximate surface area is 98.3 Å². The van der Waals surface area contributed by atoms with E-state index in [1.54, 1.807) is 0 Å². The highest BCUT2D eigenvalue weighted by molar-refractivity contribution is 6.03. The lowest BCUT2D eigenvalue weighted by atomic mass is 9.87. The number of rotatable bonds is 4. The van der Waals surface area contributed by atoms with Crippen LogP contribution in [0.15, 0.2) is 24.3 Å². The van der Waals surface area contributed by atoms with Crippen molar-refractivity contribution in [1.29, 1.82) is 0 Å². The number of carbonyl (C=O) groups excluding carboxylic acids is 1. The monoisotopic (exact) mass is 219 g/mol. The Hall–Kier alpha value is -1.15. The van der Waals surface area contributed by atoms with Crippen LogP contribution >= 0.6 is 0 Å². The van der Waals surface area contributed by atoms with Crippen molar-refractivity contribution < 1.29 is 4.79 Å². The summed E-state index contributed by atoms with van der Waals surface area (Å²) in [7, 11) is 3.91. The molecular weight excluding hydrogens is 198 g/mol. The highest BCUT2D eigenvalue weighted by atomic mass is 16.1. The van der Waals surface area contributed by atoms with Crippen LogP contribution in [-0.4, -0.2) is 30.3 Å². The molecule has 1 rings (SSSR count). The number of aryl methyl sites for hydroxylation is 1. The molecular formula is C14H21NO. The molecule has 0 aromatic heterocycles. The lowest BCUT2D eigenvalue weighted by Gasteiger charge is -2.34. The maximum Gasteiger partial charge on any atom is 0.182 e. The normalized spacial score (nSPS) is 14.9. The Bertz CT molecular complexity index is 384. The van der Waals surface area contributed by atoms with Crippen molar-refractivity contribution in [2.24, 2.45) is 0 Å². The van der Waals surface area contributed by atoms with Gasteiger partial charge in [-0.3, -0.25) is 9.69 Å². The van der Waals surface area contributed by atoms with E-state index < -0.39 is 5.54 Å². The number of carbonyl (C=O) groups is 1. The van der Waals surface area contributed by atoms with Gasteiger partial charge in [0.15, 0.2) is 5.78 Å². The number of benzene rings is 1. The van der Waals surface area contributed by atoms with Crippen LogP contribution in [0.5, 0.6) is 0 Å². The maximum atomic E-state index is 12.4. The number of hydrogen-bond donors (Lipinski definition) is 0. The van der Waals surface area contributed by atoms with Crippen molar-refractivity contribution in [3.63, 3.8) is 0 Å². The number of Topliss-reactive ketones (excluding diaryl/α,β-unsaturated/α-hetero) is 1. The van der Waals surface area contributed by atoms with Crippen LogP contribution in [0.3, 0.4) is 0 Å². The van der Waals surface area contributed by atoms with E-state index in [1.807, 2.05) is 64.0 Å². The minimum absolute atomic E-state index is 0.198. The van der Waals surface area contributed by atoms with Crippen LogP contribution in [-0.2, 0) is 0 Å². The first-order valence-electron chi connectivity index (χ1n) is 5.70. The van der Waals surface area contributed by atoms with Gasteiger partial charge in [-0.15, -0.1) is 0 Å². The van der Waals surface area contributed by atoms with Gasteiger partial charge in [-0.05, 0) is 40.4 Å². The van der Waals surface area contributed by atoms with Gasteiger partial charge in [0.25, 0.3) is 0 Å². The first-order valence-corrected chi connectivity index (χ1v) is 5.70. The van der Waals surface area contributed by atoms with Crippen molar-refractivity contribution in [1.82, 2.24) is 4.90 Å². The Morgan fingerprint density at radius 1 is 1.38 bits per heavy atom. The molecule has 2 heteroatoms. The van der Waals surface area contributed by atoms with Gasteiger partial charge in [0.05, 0.1) is 5.54 Å². The van der Waals surface area contributed by atoms with E-state index >= 15 is 0 Å². The Balaban J connectivity index is 3.10. The molecule has 0 aliphatic carbocycles. The van der Waals surface area contributed by atoms with E-state index in [2.05, 4.69) is 0 Å². The fraction of sp³-hybridized carbons (Fsp3) is 0.500. The SMILES string of the molecule is CCC(C)(C(=O)c1cccc(C)c1)N(C)C. The molecule has 0 fully saturated rings. The smallest absolute Gasteiger partial charge is 0.182 e. The van der Waals surface area contributed by atoms with E-state index in [9.17, 15) is 4.79 Å². The molecule has 0 N–H and O–H groups in total. The fourth-order valence-electron chi connectivity index (χ4n) is 1.78. The highest BCUT2D eigenvalue weighted by Crippen LogP contribution is 2.22. The summed E-state index contributed by atoms with van der Waals surface area (Å²) >= 11 is 0. The number of ketones is 1. The molecule has 88 valence electrons. The van der Waals surface area contributed by atoms with Crippen molar-refractivity contribution in [2.45, 2.75) is 32.7 Å². The number of nitrogens with zero attached hydrogens (tertiary/aromatic N) is 1. The molecule has 0 radical (unpaired) electrons. The summed E-state index contributed by atoms with van der Waals surface area (Å²) in [6.45, 7) is 6.06. The van der Waals surface area contributed by atoms with Gasteiger partial charge in [0, 0.05) is 5.56 Å². The van der Waals surface area contributed by atoms with Gasteiger partial charge in [-0.1, -0.05) is 30.7 Å². The van der Waals surface area contributed by atoms with E-state index in [1.165, 1.54) is 0 Å². The molecule has 1 aromatic carbocycles. The third-order valence-electron chi connectivity index (χ3n) is 3.44. The largest absolute Gasteiger partial charge is 0.297 e. The molecule has 2 nitrogen and oxygen atoms in total. The zero-order valence-electron chi connectivity index (χ0n) is 10.9. The summed E-state index contributed by atoms with van der Waals surface area (Å²) in [6.07, 6.45) is 0.812. The molecule has 1 aromatic rings. The Kier molecular flexibility index (Phi) is 3.87. The number of hydrogen-bond acceptors (Lipinski definition) is 2. The predicted molar refractivity (Wildman–Crippen MR) is 67.9 cm³/mol. The van der Waals surface area contributed by atoms with Crippen molar-refractivity contribution in [2.75, 3.05) is 14.1 Å². The standard InChI is InChI=1S/C14H21NO/c1-6-14(3,15(4)5)13(16)12-9-7-8-11(2)10-12/h7-10H,6H2,1-5H3. The van der Waals surface area contributed by atoms with Crippen LogP contribution in [0.4, 0.5) is 0 Å². The lowest BCUT2D eigenvalue weighted by Crippen LogP contribution is -2.48. The summed E-state index contributed by atoms with van der Waals surface area (Å²) in [5, 5.41) is 0. The molecule has 16 heavy (non-hydrogen) atoms. The molecule has 1 unspecified atom stereocenters. The van der Waals surface area contributed by atoms with Gasteiger partial charge < -0.3 is 0 Å². The summed E-state index contributed by atoms with van der Waals surface area (Å²) in [6, 6.07) is 7.80. The van der Waals surface area contributed by atoms with Crippen molar-refractivity contribution >= 4 is 5.78 Å². The first-order chi connectivity index (χ1) is 7.41. The molecule has 0 bridgehead atoms. The molecule has 0 saturated heterocycles. The van der Waals surface area contributed by atoms with Crippen LogP contribution < -0.4 is 0 Å². The van der Waals surface area contributed by atoms with E-state index in [0.717, 1.165) is 17.5 Å². The third-order valence-corrected chi connectivity index (χ3v) is 3.44. The molecule has 0 spiro atoms. The van der Waals surface area contributed by atoms with Gasteiger partial charge in [-0.25, -0.2) is 0 Å². The third kappa shape index (κ3) is 2.33. The maximum absolute atomic E-state index is 12.4. The van der Waals surface area contributed by atoms with Crippen LogP contribution in [0.25, 0.3) is 0 Å². The summed E-state index contributed by atoms with van der Waals surface area (Å²) < 4.78 is 0. The van der Waals surface area contributed by atoms with Crippen LogP contribution in [0.1, 0.15) is 36.2 Å². The molecule has 0 saturated carbocycles. The van der Waals surface area contributed by atoms with Gasteiger partial charge in [-0.2, -0.15) is 0 Å². The Morgan fingerprint density at radius 2 is 2.00 bits per heavy atom. The average Bonchev–Trinajstić information content (AvgIpc) is 2.26. The summed E-state index contributed by atoms with van der Waals surface area (Å²) in [5.74, 6) is 0.198. The zero-order valence-corrected chi connectivity index (χ0v) is 10.9. The van der Waals surface area contributed by atoms with E-state index in [0.29, 0.717) is 0 Å². The van der Waals surface area contributed by atoms with Gasteiger partial charge in [0.2, 0.25) is 0 Å². The summed E-state index contributed by atoms with van der Waals surface area (Å²) in [5.41, 5.74) is 1.52. The van der Waals surface area contributed by atoms with Crippen LogP contribution in [0.2, 0.25) is 0 Å². The summed E-state index contributed by atoms with van der Waals surface area (Å²) in [4.78, 5) is 14.4. The Morgan fingerprint density at radius 3 is 2.44 bits per heavy atom. The van der Waals surface area contributed by atoms with E-state index in [4.69, 9.17) is 0 Å². The second kappa shape index (κ2) is 4.79. The van der Waals surface area contributed by atoms with Gasteiger partial charge >= 0.3 is 0 Å². The van der Waals surface area contributed by atoms with Gasteiger partial charge in [0.1, 0.15) is 0 Å². The van der Waals surface area contributed by atoms with Crippen molar-refractivity contribution in [3.05, 3.63) is 35.4 Å². The molecule has 1 atom stereocenters. The zero-order chi connectivity index (χ0) is 12.3. The average molecular weight is 219 g/mol. The molecule has 0 amide bonds. The second-order valence-corrected chi connectivity index (χ2v) is 4.72. The van der Waals surface area contributed by atoms with Crippen LogP contribution in [0, 0.1) is 6.92 Å². The van der Waals surface area contributed by atoms with Crippen molar-refractivity contribution in [3.8, 4) is 0 Å². The molecule has 0 heterocycles. The minimum Gasteiger partial charge on any atom is -0.297 e. The molecule has 0 aliphatic rings. The lowest BCUT2D eigenvalue weighted by molar-refractivity contribution is 0.0710. The first kappa shape index (κ1) is 12.9. The number of likely N-dealkylation sites (N-methyl/N-ethyl adjacent to an activating group) is 1. The minimum atomic E-state index is -0.409. The molecule has 0 aliphatic heterocycles. The fourth-order valence-corrected chi connectivity index (χ4v) is 1.78.